The Bertz CT molecular complexity index is 731. The van der Waals surface area contributed by atoms with Crippen LogP contribution in [0.15, 0.2) is 60.7 Å². The summed E-state index contributed by atoms with van der Waals surface area (Å²) in [7, 11) is 0. The maximum Gasteiger partial charge on any atom is 0.265 e. The number of benzene rings is 2. The van der Waals surface area contributed by atoms with Crippen LogP contribution in [-0.2, 0) is 9.59 Å². The van der Waals surface area contributed by atoms with Crippen LogP contribution in [0.3, 0.4) is 0 Å². The largest absolute Gasteiger partial charge is 0.287 e. The fraction of sp³-hybridized carbons (Fsp3) is 0.118. The Labute approximate surface area is 133 Å². The molecule has 1 atom stereocenters. The predicted octanol–water partition coefficient (Wildman–Crippen LogP) is 1.25. The first-order valence-electron chi connectivity index (χ1n) is 7.19. The summed E-state index contributed by atoms with van der Waals surface area (Å²) in [5.74, 6) is -1.04. The van der Waals surface area contributed by atoms with Gasteiger partial charge in [0.15, 0.2) is 0 Å². The molecule has 0 radical (unpaired) electrons. The quantitative estimate of drug-likeness (QED) is 0.658. The Morgan fingerprint density at radius 2 is 1.57 bits per heavy atom. The van der Waals surface area contributed by atoms with Crippen LogP contribution in [0.5, 0.6) is 0 Å². The van der Waals surface area contributed by atoms with Crippen molar-refractivity contribution in [3.63, 3.8) is 0 Å². The zero-order valence-electron chi connectivity index (χ0n) is 12.2. The molecule has 6 nitrogen and oxygen atoms in total. The fourth-order valence-electron chi connectivity index (χ4n) is 2.41. The molecule has 0 aliphatic carbocycles. The van der Waals surface area contributed by atoms with Gasteiger partial charge in [-0.2, -0.15) is 0 Å². The van der Waals surface area contributed by atoms with Crippen LogP contribution in [0, 0.1) is 0 Å². The van der Waals surface area contributed by atoms with Crippen molar-refractivity contribution in [3.05, 3.63) is 66.2 Å². The lowest BCUT2D eigenvalue weighted by Crippen LogP contribution is -2.48. The van der Waals surface area contributed by atoms with E-state index in [1.54, 1.807) is 54.6 Å². The highest BCUT2D eigenvalue weighted by Crippen LogP contribution is 2.22. The lowest BCUT2D eigenvalue weighted by Gasteiger charge is -2.15. The Kier molecular flexibility index (Phi) is 4.16. The van der Waals surface area contributed by atoms with Crippen molar-refractivity contribution in [2.24, 2.45) is 0 Å². The van der Waals surface area contributed by atoms with Crippen LogP contribution in [0.4, 0.5) is 5.69 Å². The van der Waals surface area contributed by atoms with E-state index in [9.17, 15) is 14.4 Å². The van der Waals surface area contributed by atoms with Crippen LogP contribution >= 0.6 is 0 Å². The third-order valence-electron chi connectivity index (χ3n) is 3.56. The predicted molar refractivity (Wildman–Crippen MR) is 84.4 cm³/mol. The second-order valence-corrected chi connectivity index (χ2v) is 5.12. The van der Waals surface area contributed by atoms with E-state index >= 15 is 0 Å². The van der Waals surface area contributed by atoms with Crippen LogP contribution in [0.1, 0.15) is 16.8 Å². The first kappa shape index (κ1) is 14.9. The number of amides is 3. The van der Waals surface area contributed by atoms with Gasteiger partial charge < -0.3 is 0 Å². The van der Waals surface area contributed by atoms with Gasteiger partial charge in [0.1, 0.15) is 6.04 Å². The van der Waals surface area contributed by atoms with Gasteiger partial charge in [-0.15, -0.1) is 0 Å². The number of carbonyl (C=O) groups excluding carboxylic acids is 3. The first-order chi connectivity index (χ1) is 11.2. The van der Waals surface area contributed by atoms with Crippen LogP contribution < -0.4 is 15.8 Å². The maximum atomic E-state index is 12.4. The molecule has 1 unspecified atom stereocenters. The van der Waals surface area contributed by atoms with Gasteiger partial charge in [0.25, 0.3) is 11.8 Å². The Hall–Kier alpha value is -2.99. The molecule has 1 fully saturated rings. The third-order valence-corrected chi connectivity index (χ3v) is 3.56. The zero-order chi connectivity index (χ0) is 16.2. The number of carbonyl (C=O) groups is 3. The number of nitrogens with one attached hydrogen (secondary N) is 2. The van der Waals surface area contributed by atoms with Crippen LogP contribution in [-0.4, -0.2) is 23.8 Å². The molecule has 0 saturated carbocycles. The van der Waals surface area contributed by atoms with Crippen molar-refractivity contribution in [1.29, 1.82) is 0 Å². The molecule has 2 aromatic carbocycles. The molecule has 1 heterocycles. The van der Waals surface area contributed by atoms with Crippen molar-refractivity contribution >= 4 is 23.4 Å². The molecule has 3 rings (SSSR count). The van der Waals surface area contributed by atoms with Gasteiger partial charge in [-0.05, 0) is 24.3 Å². The topological polar surface area (TPSA) is 78.5 Å². The fourth-order valence-corrected chi connectivity index (χ4v) is 2.41. The van der Waals surface area contributed by atoms with E-state index in [1.165, 1.54) is 0 Å². The molecule has 2 N–H and O–H groups in total. The number of imide groups is 1. The standard InChI is InChI=1S/C17H15N3O3/c21-15-11-14(17(23)20(15)13-9-5-2-6-10-13)18-19-16(22)12-7-3-1-4-8-12/h1-10,14,18H,11H2,(H,19,22). The van der Waals surface area contributed by atoms with Crippen molar-refractivity contribution in [3.8, 4) is 0 Å². The lowest BCUT2D eigenvalue weighted by atomic mass is 10.2. The van der Waals surface area contributed by atoms with E-state index < -0.39 is 6.04 Å². The van der Waals surface area contributed by atoms with Crippen molar-refractivity contribution < 1.29 is 14.4 Å². The van der Waals surface area contributed by atoms with E-state index in [-0.39, 0.29) is 24.1 Å². The smallest absolute Gasteiger partial charge is 0.265 e. The number of hydrogen-bond donors (Lipinski definition) is 2. The molecule has 1 saturated heterocycles. The number of rotatable bonds is 4. The van der Waals surface area contributed by atoms with Crippen LogP contribution in [0.25, 0.3) is 0 Å². The number of hydrazine groups is 1. The van der Waals surface area contributed by atoms with E-state index in [0.717, 1.165) is 4.90 Å². The van der Waals surface area contributed by atoms with Gasteiger partial charge >= 0.3 is 0 Å². The van der Waals surface area contributed by atoms with E-state index in [0.29, 0.717) is 11.3 Å². The third kappa shape index (κ3) is 3.12. The SMILES string of the molecule is O=C(NNC1CC(=O)N(c2ccccc2)C1=O)c1ccccc1. The Morgan fingerprint density at radius 1 is 0.957 bits per heavy atom. The second kappa shape index (κ2) is 6.41. The highest BCUT2D eigenvalue weighted by atomic mass is 16.2. The maximum absolute atomic E-state index is 12.4. The number of nitrogens with zero attached hydrogens (tertiary/aromatic N) is 1. The van der Waals surface area contributed by atoms with Crippen LogP contribution in [0.2, 0.25) is 0 Å². The Morgan fingerprint density at radius 3 is 2.22 bits per heavy atom. The summed E-state index contributed by atoms with van der Waals surface area (Å²) in [6.45, 7) is 0. The molecule has 1 aliphatic rings. The summed E-state index contributed by atoms with van der Waals surface area (Å²) in [5, 5.41) is 0. The minimum atomic E-state index is -0.768. The summed E-state index contributed by atoms with van der Waals surface area (Å²) in [5.41, 5.74) is 6.12. The monoisotopic (exact) mass is 309 g/mol. The molecule has 0 aromatic heterocycles. The average Bonchev–Trinajstić information content (AvgIpc) is 2.88. The molecule has 2 aromatic rings. The molecule has 0 bridgehead atoms. The van der Waals surface area contributed by atoms with Gasteiger partial charge in [-0.25, -0.2) is 10.3 Å². The molecule has 6 heteroatoms. The van der Waals surface area contributed by atoms with Crippen molar-refractivity contribution in [2.45, 2.75) is 12.5 Å². The first-order valence-corrected chi connectivity index (χ1v) is 7.19. The van der Waals surface area contributed by atoms with Gasteiger partial charge in [-0.3, -0.25) is 19.8 Å². The summed E-state index contributed by atoms with van der Waals surface area (Å²) < 4.78 is 0. The molecule has 23 heavy (non-hydrogen) atoms. The van der Waals surface area contributed by atoms with Crippen molar-refractivity contribution in [1.82, 2.24) is 10.9 Å². The van der Waals surface area contributed by atoms with E-state index in [4.69, 9.17) is 0 Å². The summed E-state index contributed by atoms with van der Waals surface area (Å²) in [6, 6.07) is 16.6. The second-order valence-electron chi connectivity index (χ2n) is 5.12. The van der Waals surface area contributed by atoms with Crippen molar-refractivity contribution in [2.75, 3.05) is 4.90 Å². The lowest BCUT2D eigenvalue weighted by molar-refractivity contribution is -0.121. The summed E-state index contributed by atoms with van der Waals surface area (Å²) >= 11 is 0. The van der Waals surface area contributed by atoms with Gasteiger partial charge in [0.05, 0.1) is 12.1 Å². The molecule has 116 valence electrons. The van der Waals surface area contributed by atoms with Gasteiger partial charge in [0.2, 0.25) is 5.91 Å². The van der Waals surface area contributed by atoms with E-state index in [2.05, 4.69) is 10.9 Å². The highest BCUT2D eigenvalue weighted by Gasteiger charge is 2.39. The summed E-state index contributed by atoms with van der Waals surface area (Å²) in [6.07, 6.45) is 0.00278. The molecule has 1 aliphatic heterocycles. The number of hydrogen-bond acceptors (Lipinski definition) is 4. The molecular formula is C17H15N3O3. The minimum absolute atomic E-state index is 0.00278. The molecular weight excluding hydrogens is 294 g/mol. The molecule has 3 amide bonds. The summed E-state index contributed by atoms with van der Waals surface area (Å²) in [4.78, 5) is 37.5. The average molecular weight is 309 g/mol. The van der Waals surface area contributed by atoms with Gasteiger partial charge in [-0.1, -0.05) is 36.4 Å². The normalized spacial score (nSPS) is 17.4. The number of para-hydroxylation sites is 1. The Balaban J connectivity index is 1.65. The highest BCUT2D eigenvalue weighted by molar-refractivity contribution is 6.22. The van der Waals surface area contributed by atoms with E-state index in [1.807, 2.05) is 6.07 Å². The zero-order valence-corrected chi connectivity index (χ0v) is 12.2. The minimum Gasteiger partial charge on any atom is -0.287 e. The molecule has 0 spiro atoms. The van der Waals surface area contributed by atoms with Gasteiger partial charge in [0, 0.05) is 5.56 Å². The number of anilines is 1.